The van der Waals surface area contributed by atoms with Gasteiger partial charge in [0.15, 0.2) is 5.58 Å². The smallest absolute Gasteiger partial charge is 0.227 e. The molecule has 3 heteroatoms. The predicted molar refractivity (Wildman–Crippen MR) is 68.8 cm³/mol. The summed E-state index contributed by atoms with van der Waals surface area (Å²) < 4.78 is 18.6. The Morgan fingerprint density at radius 3 is 2.61 bits per heavy atom. The van der Waals surface area contributed by atoms with Gasteiger partial charge in [0, 0.05) is 5.56 Å². The van der Waals surface area contributed by atoms with Crippen LogP contribution in [0.3, 0.4) is 0 Å². The van der Waals surface area contributed by atoms with Crippen LogP contribution in [0.2, 0.25) is 0 Å². The van der Waals surface area contributed by atoms with E-state index < -0.39 is 0 Å². The molecule has 0 N–H and O–H groups in total. The number of fused-ring (bicyclic) bond motifs is 1. The quantitative estimate of drug-likeness (QED) is 0.672. The first-order valence-electron chi connectivity index (χ1n) is 5.91. The topological polar surface area (TPSA) is 26.0 Å². The van der Waals surface area contributed by atoms with Gasteiger partial charge in [-0.1, -0.05) is 13.0 Å². The Hall–Kier alpha value is -2.16. The Kier molecular flexibility index (Phi) is 2.59. The Labute approximate surface area is 104 Å². The van der Waals surface area contributed by atoms with E-state index in [1.807, 2.05) is 18.2 Å². The number of halogens is 1. The van der Waals surface area contributed by atoms with E-state index in [9.17, 15) is 4.39 Å². The van der Waals surface area contributed by atoms with Crippen molar-refractivity contribution in [1.29, 1.82) is 0 Å². The first kappa shape index (κ1) is 11.0. The van der Waals surface area contributed by atoms with Crippen molar-refractivity contribution in [2.45, 2.75) is 13.3 Å². The van der Waals surface area contributed by atoms with Crippen molar-refractivity contribution in [3.05, 3.63) is 53.8 Å². The summed E-state index contributed by atoms with van der Waals surface area (Å²) in [6, 6.07) is 12.1. The Bertz CT molecular complexity index is 685. The number of oxazole rings is 1. The average Bonchev–Trinajstić information content (AvgIpc) is 2.82. The third kappa shape index (κ3) is 1.88. The van der Waals surface area contributed by atoms with Crippen molar-refractivity contribution in [1.82, 2.24) is 4.98 Å². The zero-order valence-corrected chi connectivity index (χ0v) is 9.98. The highest BCUT2D eigenvalue weighted by Gasteiger charge is 2.08. The molecule has 1 heterocycles. The van der Waals surface area contributed by atoms with Crippen LogP contribution in [0.5, 0.6) is 0 Å². The van der Waals surface area contributed by atoms with Crippen LogP contribution in [0.25, 0.3) is 22.6 Å². The van der Waals surface area contributed by atoms with Gasteiger partial charge in [0.05, 0.1) is 0 Å². The minimum Gasteiger partial charge on any atom is -0.436 e. The molecule has 0 fully saturated rings. The van der Waals surface area contributed by atoms with Crippen LogP contribution in [0.4, 0.5) is 4.39 Å². The van der Waals surface area contributed by atoms with Crippen molar-refractivity contribution in [2.75, 3.05) is 0 Å². The molecule has 0 radical (unpaired) electrons. The molecule has 0 saturated heterocycles. The van der Waals surface area contributed by atoms with Gasteiger partial charge in [-0.2, -0.15) is 0 Å². The molecule has 2 nitrogen and oxygen atoms in total. The number of benzene rings is 2. The molecule has 0 bridgehead atoms. The van der Waals surface area contributed by atoms with Crippen LogP contribution < -0.4 is 0 Å². The molecule has 90 valence electrons. The van der Waals surface area contributed by atoms with Crippen LogP contribution in [-0.2, 0) is 6.42 Å². The minimum atomic E-state index is -0.261. The highest BCUT2D eigenvalue weighted by molar-refractivity contribution is 5.76. The Morgan fingerprint density at radius 2 is 1.89 bits per heavy atom. The molecule has 0 aliphatic carbocycles. The van der Waals surface area contributed by atoms with E-state index in [2.05, 4.69) is 11.9 Å². The van der Waals surface area contributed by atoms with E-state index in [4.69, 9.17) is 4.42 Å². The minimum absolute atomic E-state index is 0.261. The number of aryl methyl sites for hydroxylation is 1. The second-order valence-corrected chi connectivity index (χ2v) is 4.18. The molecular formula is C15H12FNO. The Balaban J connectivity index is 2.10. The molecule has 0 spiro atoms. The van der Waals surface area contributed by atoms with Crippen molar-refractivity contribution >= 4 is 11.1 Å². The summed E-state index contributed by atoms with van der Waals surface area (Å²) in [6.07, 6.45) is 0.961. The number of hydrogen-bond acceptors (Lipinski definition) is 2. The number of hydrogen-bond donors (Lipinski definition) is 0. The largest absolute Gasteiger partial charge is 0.436 e. The summed E-state index contributed by atoms with van der Waals surface area (Å²) in [6.45, 7) is 2.10. The first-order chi connectivity index (χ1) is 8.76. The second kappa shape index (κ2) is 4.26. The van der Waals surface area contributed by atoms with Crippen LogP contribution in [-0.4, -0.2) is 4.98 Å². The van der Waals surface area contributed by atoms with Gasteiger partial charge in [-0.15, -0.1) is 0 Å². The number of nitrogens with zero attached hydrogens (tertiary/aromatic N) is 1. The fourth-order valence-electron chi connectivity index (χ4n) is 1.90. The highest BCUT2D eigenvalue weighted by Crippen LogP contribution is 2.25. The van der Waals surface area contributed by atoms with Gasteiger partial charge in [-0.3, -0.25) is 0 Å². The maximum absolute atomic E-state index is 12.9. The van der Waals surface area contributed by atoms with E-state index in [1.54, 1.807) is 12.1 Å². The van der Waals surface area contributed by atoms with Gasteiger partial charge < -0.3 is 4.42 Å². The van der Waals surface area contributed by atoms with Gasteiger partial charge in [0.25, 0.3) is 0 Å². The van der Waals surface area contributed by atoms with Crippen molar-refractivity contribution in [2.24, 2.45) is 0 Å². The molecule has 0 saturated carbocycles. The summed E-state index contributed by atoms with van der Waals surface area (Å²) in [5.41, 5.74) is 3.59. The number of aromatic nitrogens is 1. The van der Waals surface area contributed by atoms with Crippen LogP contribution in [0, 0.1) is 5.82 Å². The summed E-state index contributed by atoms with van der Waals surface area (Å²) in [5.74, 6) is 0.265. The van der Waals surface area contributed by atoms with Crippen molar-refractivity contribution in [3.63, 3.8) is 0 Å². The van der Waals surface area contributed by atoms with Gasteiger partial charge in [-0.25, -0.2) is 9.37 Å². The van der Waals surface area contributed by atoms with E-state index >= 15 is 0 Å². The van der Waals surface area contributed by atoms with Crippen LogP contribution in [0.1, 0.15) is 12.5 Å². The van der Waals surface area contributed by atoms with E-state index in [0.29, 0.717) is 5.89 Å². The molecule has 3 aromatic rings. The molecule has 18 heavy (non-hydrogen) atoms. The van der Waals surface area contributed by atoms with E-state index in [-0.39, 0.29) is 5.82 Å². The molecule has 0 amide bonds. The lowest BCUT2D eigenvalue weighted by Gasteiger charge is -1.94. The first-order valence-corrected chi connectivity index (χ1v) is 5.91. The summed E-state index contributed by atoms with van der Waals surface area (Å²) in [7, 11) is 0. The van der Waals surface area contributed by atoms with Gasteiger partial charge in [0.1, 0.15) is 11.3 Å². The molecule has 0 aliphatic rings. The third-order valence-electron chi connectivity index (χ3n) is 2.95. The normalized spacial score (nSPS) is 11.0. The zero-order chi connectivity index (χ0) is 12.5. The average molecular weight is 241 g/mol. The molecule has 0 atom stereocenters. The molecule has 2 aromatic carbocycles. The van der Waals surface area contributed by atoms with Crippen molar-refractivity contribution in [3.8, 4) is 11.5 Å². The maximum atomic E-state index is 12.9. The highest BCUT2D eigenvalue weighted by atomic mass is 19.1. The van der Waals surface area contributed by atoms with Crippen molar-refractivity contribution < 1.29 is 8.81 Å². The lowest BCUT2D eigenvalue weighted by Crippen LogP contribution is -1.78. The van der Waals surface area contributed by atoms with Gasteiger partial charge >= 0.3 is 0 Å². The fourth-order valence-corrected chi connectivity index (χ4v) is 1.90. The monoisotopic (exact) mass is 241 g/mol. The lowest BCUT2D eigenvalue weighted by molar-refractivity contribution is 0.616. The molecular weight excluding hydrogens is 229 g/mol. The van der Waals surface area contributed by atoms with E-state index in [0.717, 1.165) is 23.1 Å². The fraction of sp³-hybridized carbons (Fsp3) is 0.133. The predicted octanol–water partition coefficient (Wildman–Crippen LogP) is 4.20. The maximum Gasteiger partial charge on any atom is 0.227 e. The Morgan fingerprint density at radius 1 is 1.11 bits per heavy atom. The van der Waals surface area contributed by atoms with Gasteiger partial charge in [-0.05, 0) is 48.4 Å². The zero-order valence-electron chi connectivity index (χ0n) is 9.98. The lowest BCUT2D eigenvalue weighted by atomic mass is 10.1. The summed E-state index contributed by atoms with van der Waals surface area (Å²) >= 11 is 0. The second-order valence-electron chi connectivity index (χ2n) is 4.18. The van der Waals surface area contributed by atoms with Crippen LogP contribution >= 0.6 is 0 Å². The molecule has 1 aromatic heterocycles. The number of rotatable bonds is 2. The third-order valence-corrected chi connectivity index (χ3v) is 2.95. The molecule has 0 unspecified atom stereocenters. The van der Waals surface area contributed by atoms with Crippen LogP contribution in [0.15, 0.2) is 46.9 Å². The molecule has 3 rings (SSSR count). The SMILES string of the molecule is CCc1ccc2nc(-c3ccc(F)cc3)oc2c1. The molecule has 0 aliphatic heterocycles. The summed E-state index contributed by atoms with van der Waals surface area (Å²) in [4.78, 5) is 4.40. The van der Waals surface area contributed by atoms with E-state index in [1.165, 1.54) is 17.7 Å². The summed E-state index contributed by atoms with van der Waals surface area (Å²) in [5, 5.41) is 0. The van der Waals surface area contributed by atoms with Gasteiger partial charge in [0.2, 0.25) is 5.89 Å². The standard InChI is InChI=1S/C15H12FNO/c1-2-10-3-8-13-14(9-10)18-15(17-13)11-4-6-12(16)7-5-11/h3-9H,2H2,1H3.